The highest BCUT2D eigenvalue weighted by atomic mass is 32.1. The molecule has 28 heavy (non-hydrogen) atoms. The van der Waals surface area contributed by atoms with Crippen LogP contribution in [0.15, 0.2) is 48.1 Å². The predicted molar refractivity (Wildman–Crippen MR) is 114 cm³/mol. The Kier molecular flexibility index (Phi) is 4.76. The summed E-state index contributed by atoms with van der Waals surface area (Å²) in [5, 5.41) is 13.6. The molecule has 0 aliphatic carbocycles. The first kappa shape index (κ1) is 17.3. The molecule has 5 rings (SSSR count). The van der Waals surface area contributed by atoms with Crippen molar-refractivity contribution >= 4 is 33.1 Å². The zero-order valence-electron chi connectivity index (χ0n) is 15.6. The Hall–Kier alpha value is -2.77. The monoisotopic (exact) mass is 390 g/mol. The molecule has 6 nitrogen and oxygen atoms in total. The predicted octanol–water partition coefficient (Wildman–Crippen LogP) is 4.81. The molecule has 142 valence electrons. The molecule has 1 saturated heterocycles. The van der Waals surface area contributed by atoms with E-state index in [4.69, 9.17) is 9.97 Å². The van der Waals surface area contributed by atoms with Gasteiger partial charge in [-0.15, -0.1) is 11.3 Å². The molecule has 0 atom stereocenters. The van der Waals surface area contributed by atoms with Crippen molar-refractivity contribution in [3.8, 4) is 11.1 Å². The number of thiophene rings is 1. The lowest BCUT2D eigenvalue weighted by Crippen LogP contribution is -2.29. The largest absolute Gasteiger partial charge is 0.337 e. The van der Waals surface area contributed by atoms with Crippen LogP contribution in [-0.2, 0) is 6.54 Å². The van der Waals surface area contributed by atoms with Crippen molar-refractivity contribution in [2.24, 2.45) is 0 Å². The molecule has 1 aliphatic heterocycles. The van der Waals surface area contributed by atoms with E-state index in [0.29, 0.717) is 0 Å². The van der Waals surface area contributed by atoms with E-state index >= 15 is 0 Å². The molecule has 0 bridgehead atoms. The van der Waals surface area contributed by atoms with Crippen LogP contribution in [0.1, 0.15) is 25.1 Å². The van der Waals surface area contributed by atoms with Gasteiger partial charge in [-0.1, -0.05) is 36.8 Å². The summed E-state index contributed by atoms with van der Waals surface area (Å²) in [6, 6.07) is 10.4. The highest BCUT2D eigenvalue weighted by Crippen LogP contribution is 2.38. The van der Waals surface area contributed by atoms with Crippen LogP contribution in [0.3, 0.4) is 0 Å². The van der Waals surface area contributed by atoms with Crippen molar-refractivity contribution < 1.29 is 0 Å². The fraction of sp³-hybridized carbons (Fsp3) is 0.286. The highest BCUT2D eigenvalue weighted by Gasteiger charge is 2.18. The van der Waals surface area contributed by atoms with Crippen molar-refractivity contribution in [1.82, 2.24) is 25.1 Å². The number of piperidine rings is 1. The van der Waals surface area contributed by atoms with Crippen LogP contribution >= 0.6 is 11.3 Å². The smallest absolute Gasteiger partial charge is 0.146 e. The maximum absolute atomic E-state index is 4.93. The molecule has 1 fully saturated rings. The molecule has 0 radical (unpaired) electrons. The lowest BCUT2D eigenvalue weighted by atomic mass is 10.1. The molecular weight excluding hydrogens is 368 g/mol. The summed E-state index contributed by atoms with van der Waals surface area (Å²) in [6.07, 6.45) is 7.47. The van der Waals surface area contributed by atoms with Crippen LogP contribution < -0.4 is 5.32 Å². The van der Waals surface area contributed by atoms with E-state index in [-0.39, 0.29) is 0 Å². The lowest BCUT2D eigenvalue weighted by molar-refractivity contribution is 0.216. The molecule has 0 amide bonds. The number of H-pyrrole nitrogens is 1. The second-order valence-corrected chi connectivity index (χ2v) is 7.99. The summed E-state index contributed by atoms with van der Waals surface area (Å²) >= 11 is 1.68. The first-order valence-electron chi connectivity index (χ1n) is 9.68. The third kappa shape index (κ3) is 3.50. The number of fused-ring (bicyclic) bond motifs is 1. The normalized spacial score (nSPS) is 15.1. The minimum Gasteiger partial charge on any atom is -0.337 e. The first-order valence-corrected chi connectivity index (χ1v) is 10.6. The van der Waals surface area contributed by atoms with Crippen LogP contribution in [0.4, 0.5) is 11.5 Å². The van der Waals surface area contributed by atoms with E-state index in [2.05, 4.69) is 50.1 Å². The van der Waals surface area contributed by atoms with E-state index < -0.39 is 0 Å². The fourth-order valence-corrected chi connectivity index (χ4v) is 4.72. The van der Waals surface area contributed by atoms with Gasteiger partial charge in [0.25, 0.3) is 0 Å². The minimum atomic E-state index is 0.800. The van der Waals surface area contributed by atoms with Crippen LogP contribution in [0.25, 0.3) is 21.3 Å². The van der Waals surface area contributed by atoms with Crippen LogP contribution in [-0.4, -0.2) is 38.2 Å². The van der Waals surface area contributed by atoms with Gasteiger partial charge in [0, 0.05) is 17.1 Å². The molecule has 4 heterocycles. The zero-order chi connectivity index (χ0) is 18.8. The molecule has 1 aliphatic rings. The van der Waals surface area contributed by atoms with Crippen molar-refractivity contribution in [2.75, 3.05) is 18.4 Å². The van der Waals surface area contributed by atoms with Crippen molar-refractivity contribution in [3.63, 3.8) is 0 Å². The van der Waals surface area contributed by atoms with Gasteiger partial charge >= 0.3 is 0 Å². The number of aromatic amines is 1. The number of hydrogen-bond acceptors (Lipinski definition) is 6. The van der Waals surface area contributed by atoms with Gasteiger partial charge < -0.3 is 5.32 Å². The van der Waals surface area contributed by atoms with Crippen LogP contribution in [0.2, 0.25) is 0 Å². The standard InChI is InChI=1S/C21H22N6S/c1-3-7-15(8-4-1)17-14-28-21-19(17)20(24-16-11-22-23-12-16)25-18(26-21)13-27-9-5-2-6-10-27/h1,3-4,7-8,11-12,14H,2,5-6,9-10,13H2,(H,22,23)(H,24,25,26). The summed E-state index contributed by atoms with van der Waals surface area (Å²) in [4.78, 5) is 13.3. The molecule has 0 spiro atoms. The van der Waals surface area contributed by atoms with E-state index in [1.807, 2.05) is 12.3 Å². The molecule has 4 aromatic rings. The van der Waals surface area contributed by atoms with Crippen molar-refractivity contribution in [2.45, 2.75) is 25.8 Å². The van der Waals surface area contributed by atoms with Gasteiger partial charge in [-0.25, -0.2) is 9.97 Å². The molecular formula is C21H22N6S. The van der Waals surface area contributed by atoms with Gasteiger partial charge in [-0.3, -0.25) is 10.00 Å². The van der Waals surface area contributed by atoms with Gasteiger partial charge in [-0.2, -0.15) is 5.10 Å². The van der Waals surface area contributed by atoms with Gasteiger partial charge in [0.2, 0.25) is 0 Å². The van der Waals surface area contributed by atoms with E-state index in [1.54, 1.807) is 17.5 Å². The van der Waals surface area contributed by atoms with E-state index in [1.165, 1.54) is 24.8 Å². The number of nitrogens with one attached hydrogen (secondary N) is 2. The molecule has 2 N–H and O–H groups in total. The lowest BCUT2D eigenvalue weighted by Gasteiger charge is -2.25. The number of hydrogen-bond donors (Lipinski definition) is 2. The van der Waals surface area contributed by atoms with Crippen molar-refractivity contribution in [1.29, 1.82) is 0 Å². The average molecular weight is 391 g/mol. The number of nitrogens with zero attached hydrogens (tertiary/aromatic N) is 4. The van der Waals surface area contributed by atoms with E-state index in [9.17, 15) is 0 Å². The average Bonchev–Trinajstić information content (AvgIpc) is 3.39. The van der Waals surface area contributed by atoms with Gasteiger partial charge in [-0.05, 0) is 31.5 Å². The number of likely N-dealkylation sites (tertiary alicyclic amines) is 1. The Morgan fingerprint density at radius 1 is 1.07 bits per heavy atom. The van der Waals surface area contributed by atoms with Gasteiger partial charge in [0.1, 0.15) is 16.5 Å². The number of rotatable bonds is 5. The topological polar surface area (TPSA) is 69.7 Å². The summed E-state index contributed by atoms with van der Waals surface area (Å²) < 4.78 is 0. The second-order valence-electron chi connectivity index (χ2n) is 7.13. The Bertz CT molecular complexity index is 1050. The Balaban J connectivity index is 1.58. The highest BCUT2D eigenvalue weighted by molar-refractivity contribution is 7.17. The maximum Gasteiger partial charge on any atom is 0.146 e. The van der Waals surface area contributed by atoms with Gasteiger partial charge in [0.05, 0.1) is 23.8 Å². The number of anilines is 2. The fourth-order valence-electron chi connectivity index (χ4n) is 3.75. The van der Waals surface area contributed by atoms with Crippen LogP contribution in [0, 0.1) is 0 Å². The SMILES string of the molecule is c1ccc(-c2csc3nc(CN4CCCCC4)nc(Nc4cn[nH]c4)c23)cc1. The first-order chi connectivity index (χ1) is 13.9. The molecule has 3 aromatic heterocycles. The molecule has 7 heteroatoms. The number of aromatic nitrogens is 4. The zero-order valence-corrected chi connectivity index (χ0v) is 16.4. The second kappa shape index (κ2) is 7.69. The van der Waals surface area contributed by atoms with Crippen molar-refractivity contribution in [3.05, 3.63) is 53.9 Å². The van der Waals surface area contributed by atoms with Crippen LogP contribution in [0.5, 0.6) is 0 Å². The Labute approximate surface area is 167 Å². The summed E-state index contributed by atoms with van der Waals surface area (Å²) in [7, 11) is 0. The van der Waals surface area contributed by atoms with E-state index in [0.717, 1.165) is 52.7 Å². The molecule has 0 unspecified atom stereocenters. The summed E-state index contributed by atoms with van der Waals surface area (Å²) in [6.45, 7) is 3.06. The Morgan fingerprint density at radius 3 is 2.71 bits per heavy atom. The minimum absolute atomic E-state index is 0.800. The quantitative estimate of drug-likeness (QED) is 0.512. The Morgan fingerprint density at radius 2 is 1.93 bits per heavy atom. The van der Waals surface area contributed by atoms with Gasteiger partial charge in [0.15, 0.2) is 0 Å². The maximum atomic E-state index is 4.93. The number of benzene rings is 1. The summed E-state index contributed by atoms with van der Waals surface area (Å²) in [5.74, 6) is 1.72. The summed E-state index contributed by atoms with van der Waals surface area (Å²) in [5.41, 5.74) is 3.24. The molecule has 1 aromatic carbocycles. The third-order valence-electron chi connectivity index (χ3n) is 5.14. The molecule has 0 saturated carbocycles. The third-order valence-corrected chi connectivity index (χ3v) is 6.01.